The molecule has 0 heteroatoms. The van der Waals surface area contributed by atoms with Crippen LogP contribution in [0.4, 0.5) is 0 Å². The van der Waals surface area contributed by atoms with Crippen LogP contribution in [0.2, 0.25) is 0 Å². The highest BCUT2D eigenvalue weighted by Gasteiger charge is 1.94. The third-order valence-electron chi connectivity index (χ3n) is 4.11. The van der Waals surface area contributed by atoms with E-state index in [2.05, 4.69) is 134 Å². The van der Waals surface area contributed by atoms with Crippen molar-refractivity contribution in [2.45, 2.75) is 81.6 Å². The van der Waals surface area contributed by atoms with Gasteiger partial charge in [0.25, 0.3) is 0 Å². The summed E-state index contributed by atoms with van der Waals surface area (Å²) >= 11 is 0. The molecule has 0 atom stereocenters. The lowest BCUT2D eigenvalue weighted by Crippen LogP contribution is -1.92. The highest BCUT2D eigenvalue weighted by Crippen LogP contribution is 2.11. The maximum Gasteiger partial charge on any atom is -0.0219 e. The van der Waals surface area contributed by atoms with E-state index >= 15 is 0 Å². The van der Waals surface area contributed by atoms with E-state index in [-0.39, 0.29) is 0 Å². The van der Waals surface area contributed by atoms with Crippen LogP contribution in [0.1, 0.15) is 86.3 Å². The molecule has 31 heavy (non-hydrogen) atoms. The van der Waals surface area contributed by atoms with Crippen molar-refractivity contribution in [2.75, 3.05) is 0 Å². The maximum absolute atomic E-state index is 2.24. The first kappa shape index (κ1) is 31.1. The van der Waals surface area contributed by atoms with Crippen molar-refractivity contribution in [3.63, 3.8) is 0 Å². The molecule has 0 fully saturated rings. The third kappa shape index (κ3) is 24.1. The number of rotatable bonds is 5. The fraction of sp³-hybridized carbons (Fsp3) is 0.484. The quantitative estimate of drug-likeness (QED) is 0.420. The normalized spacial score (nSPS) is 10.6. The molecule has 0 nitrogen and oxygen atoms in total. The zero-order valence-electron chi connectivity index (χ0n) is 22.1. The van der Waals surface area contributed by atoms with Crippen molar-refractivity contribution in [1.29, 1.82) is 0 Å². The van der Waals surface area contributed by atoms with E-state index in [0.29, 0.717) is 5.92 Å². The minimum atomic E-state index is 0.659. The van der Waals surface area contributed by atoms with Gasteiger partial charge in [0.2, 0.25) is 0 Å². The smallest absolute Gasteiger partial charge is 0.0219 e. The lowest BCUT2D eigenvalue weighted by atomic mass is 10.0. The first-order valence-corrected chi connectivity index (χ1v) is 12.0. The summed E-state index contributed by atoms with van der Waals surface area (Å²) in [7, 11) is 0. The molecule has 0 amide bonds. The van der Waals surface area contributed by atoms with Gasteiger partial charge in [0.1, 0.15) is 0 Å². The Morgan fingerprint density at radius 3 is 1.19 bits per heavy atom. The van der Waals surface area contributed by atoms with Gasteiger partial charge in [-0.25, -0.2) is 0 Å². The molecule has 0 saturated carbocycles. The molecule has 0 spiro atoms. The lowest BCUT2D eigenvalue weighted by Gasteiger charge is -2.02. The summed E-state index contributed by atoms with van der Waals surface area (Å²) in [4.78, 5) is 0. The SMILES string of the molecule is C/C=C/C(C)C.C/C=C/C(C)C.CC(C)Cc1ccccc1.CC(C)c1ccccc1. The summed E-state index contributed by atoms with van der Waals surface area (Å²) in [6.45, 7) is 21.6. The highest BCUT2D eigenvalue weighted by atomic mass is 14.0. The standard InChI is InChI=1S/C10H14.C9H12.2C6H12/c1-9(2)8-10-6-4-3-5-7-10;1-8(2)9-6-4-3-5-7-9;2*1-4-5-6(2)3/h3-7,9H,8H2,1-2H3;3-8H,1-2H3;2*4-6H,1-3H3/b;;2*5-4+. The molecule has 0 N–H and O–H groups in total. The molecule has 0 saturated heterocycles. The maximum atomic E-state index is 2.24. The van der Waals surface area contributed by atoms with Gasteiger partial charge in [-0.1, -0.05) is 140 Å². The van der Waals surface area contributed by atoms with Crippen LogP contribution in [-0.4, -0.2) is 0 Å². The predicted molar refractivity (Wildman–Crippen MR) is 145 cm³/mol. The molecule has 0 aliphatic heterocycles. The molecular formula is C31H50. The van der Waals surface area contributed by atoms with Crippen LogP contribution >= 0.6 is 0 Å². The topological polar surface area (TPSA) is 0 Å². The van der Waals surface area contributed by atoms with Gasteiger partial charge < -0.3 is 0 Å². The van der Waals surface area contributed by atoms with E-state index < -0.39 is 0 Å². The van der Waals surface area contributed by atoms with Crippen LogP contribution in [0.3, 0.4) is 0 Å². The van der Waals surface area contributed by atoms with E-state index in [0.717, 1.165) is 17.8 Å². The summed E-state index contributed by atoms with van der Waals surface area (Å²) in [6, 6.07) is 21.1. The number of hydrogen-bond donors (Lipinski definition) is 0. The first-order valence-electron chi connectivity index (χ1n) is 12.0. The van der Waals surface area contributed by atoms with Crippen molar-refractivity contribution in [2.24, 2.45) is 17.8 Å². The molecule has 0 unspecified atom stereocenters. The summed E-state index contributed by atoms with van der Waals surface area (Å²) < 4.78 is 0. The summed E-state index contributed by atoms with van der Waals surface area (Å²) in [5, 5.41) is 0. The fourth-order valence-corrected chi connectivity index (χ4v) is 2.69. The Kier molecular flexibility index (Phi) is 21.2. The summed E-state index contributed by atoms with van der Waals surface area (Å²) in [5.74, 6) is 2.86. The Hall–Kier alpha value is -2.08. The first-order chi connectivity index (χ1) is 14.6. The molecule has 0 aliphatic carbocycles. The van der Waals surface area contributed by atoms with Crippen molar-refractivity contribution in [3.8, 4) is 0 Å². The zero-order valence-corrected chi connectivity index (χ0v) is 22.1. The van der Waals surface area contributed by atoms with Crippen LogP contribution in [0.25, 0.3) is 0 Å². The lowest BCUT2D eigenvalue weighted by molar-refractivity contribution is 0.647. The second kappa shape index (κ2) is 21.2. The number of allylic oxidation sites excluding steroid dienone is 4. The molecule has 174 valence electrons. The second-order valence-corrected chi connectivity index (χ2v) is 9.19. The van der Waals surface area contributed by atoms with Crippen molar-refractivity contribution < 1.29 is 0 Å². The second-order valence-electron chi connectivity index (χ2n) is 9.19. The Balaban J connectivity index is 0. The monoisotopic (exact) mass is 422 g/mol. The molecule has 0 aromatic heterocycles. The summed E-state index contributed by atoms with van der Waals surface area (Å²) in [5.41, 5.74) is 2.86. The van der Waals surface area contributed by atoms with E-state index in [1.165, 1.54) is 17.5 Å². The Morgan fingerprint density at radius 1 is 0.581 bits per heavy atom. The third-order valence-corrected chi connectivity index (χ3v) is 4.11. The molecule has 2 aromatic rings. The molecule has 2 aromatic carbocycles. The van der Waals surface area contributed by atoms with Gasteiger partial charge in [-0.3, -0.25) is 0 Å². The van der Waals surface area contributed by atoms with Crippen molar-refractivity contribution in [3.05, 3.63) is 96.1 Å². The van der Waals surface area contributed by atoms with E-state index in [1.54, 1.807) is 0 Å². The number of benzene rings is 2. The average Bonchev–Trinajstić information content (AvgIpc) is 2.70. The van der Waals surface area contributed by atoms with E-state index in [9.17, 15) is 0 Å². The molecular weight excluding hydrogens is 372 g/mol. The van der Waals surface area contributed by atoms with Gasteiger partial charge in [0.15, 0.2) is 0 Å². The Bertz CT molecular complexity index is 627. The highest BCUT2D eigenvalue weighted by molar-refractivity contribution is 5.17. The fourth-order valence-electron chi connectivity index (χ4n) is 2.69. The van der Waals surface area contributed by atoms with E-state index in [1.807, 2.05) is 19.9 Å². The minimum Gasteiger partial charge on any atom is -0.0914 e. The zero-order chi connectivity index (χ0) is 24.1. The molecule has 0 radical (unpaired) electrons. The van der Waals surface area contributed by atoms with Gasteiger partial charge >= 0.3 is 0 Å². The van der Waals surface area contributed by atoms with Gasteiger partial charge in [0.05, 0.1) is 0 Å². The molecule has 0 heterocycles. The molecule has 0 aliphatic rings. The largest absolute Gasteiger partial charge is 0.0914 e. The molecule has 0 bridgehead atoms. The Labute approximate surface area is 195 Å². The Morgan fingerprint density at radius 2 is 0.968 bits per heavy atom. The van der Waals surface area contributed by atoms with Crippen LogP contribution in [-0.2, 0) is 6.42 Å². The van der Waals surface area contributed by atoms with Gasteiger partial charge in [-0.05, 0) is 55.1 Å². The van der Waals surface area contributed by atoms with E-state index in [4.69, 9.17) is 0 Å². The summed E-state index contributed by atoms with van der Waals surface area (Å²) in [6.07, 6.45) is 9.68. The van der Waals surface area contributed by atoms with Crippen LogP contribution in [0.5, 0.6) is 0 Å². The van der Waals surface area contributed by atoms with Gasteiger partial charge in [0, 0.05) is 0 Å². The van der Waals surface area contributed by atoms with Crippen molar-refractivity contribution in [1.82, 2.24) is 0 Å². The predicted octanol–water partition coefficient (Wildman–Crippen LogP) is 10.1. The molecule has 2 rings (SSSR count). The van der Waals surface area contributed by atoms with Crippen LogP contribution in [0.15, 0.2) is 85.0 Å². The number of hydrogen-bond acceptors (Lipinski definition) is 0. The van der Waals surface area contributed by atoms with Crippen LogP contribution in [0, 0.1) is 17.8 Å². The minimum absolute atomic E-state index is 0.659. The van der Waals surface area contributed by atoms with Crippen LogP contribution < -0.4 is 0 Å². The average molecular weight is 423 g/mol. The van der Waals surface area contributed by atoms with Gasteiger partial charge in [-0.2, -0.15) is 0 Å². The van der Waals surface area contributed by atoms with Crippen molar-refractivity contribution >= 4 is 0 Å². The van der Waals surface area contributed by atoms with Gasteiger partial charge in [-0.15, -0.1) is 0 Å².